The summed E-state index contributed by atoms with van der Waals surface area (Å²) >= 11 is 0. The van der Waals surface area contributed by atoms with E-state index in [1.807, 2.05) is 6.92 Å². The largest absolute Gasteiger partial charge is 0.383 e. The quantitative estimate of drug-likeness (QED) is 0.821. The number of likely N-dealkylation sites (N-methyl/N-ethyl adjacent to an activating group) is 1. The van der Waals surface area contributed by atoms with Crippen molar-refractivity contribution in [2.24, 2.45) is 0 Å². The van der Waals surface area contributed by atoms with Crippen LogP contribution in [0.1, 0.15) is 44.0 Å². The first-order chi connectivity index (χ1) is 8.99. The first-order valence-electron chi connectivity index (χ1n) is 7.07. The Hall–Kier alpha value is -1.36. The van der Waals surface area contributed by atoms with Crippen molar-refractivity contribution >= 4 is 11.6 Å². The van der Waals surface area contributed by atoms with Gasteiger partial charge in [-0.15, -0.1) is 0 Å². The van der Waals surface area contributed by atoms with Gasteiger partial charge in [0.05, 0.1) is 0 Å². The standard InChI is InChI=1S/C14H25N5/c1-9(2)13-17-12(15)10(3)14(18-13)16-7-8-19(4)11-5-6-11/h9,11H,5-8H2,1-4H3,(H3,15,16,17,18). The van der Waals surface area contributed by atoms with E-state index in [4.69, 9.17) is 5.73 Å². The highest BCUT2D eigenvalue weighted by Crippen LogP contribution is 2.25. The number of rotatable bonds is 6. The molecule has 0 unspecified atom stereocenters. The van der Waals surface area contributed by atoms with Gasteiger partial charge in [0, 0.05) is 30.6 Å². The molecule has 0 aromatic carbocycles. The third-order valence-corrected chi connectivity index (χ3v) is 3.64. The summed E-state index contributed by atoms with van der Waals surface area (Å²) in [6.45, 7) is 8.04. The van der Waals surface area contributed by atoms with Crippen molar-refractivity contribution in [2.75, 3.05) is 31.2 Å². The lowest BCUT2D eigenvalue weighted by Gasteiger charge is -2.17. The van der Waals surface area contributed by atoms with Gasteiger partial charge in [0.1, 0.15) is 17.5 Å². The Morgan fingerprint density at radius 1 is 1.37 bits per heavy atom. The SMILES string of the molecule is Cc1c(N)nc(C(C)C)nc1NCCN(C)C1CC1. The summed E-state index contributed by atoms with van der Waals surface area (Å²) in [4.78, 5) is 11.3. The predicted octanol–water partition coefficient (Wildman–Crippen LogP) is 2.00. The molecule has 3 N–H and O–H groups in total. The van der Waals surface area contributed by atoms with Crippen LogP contribution in [0.2, 0.25) is 0 Å². The molecule has 1 fully saturated rings. The number of hydrogen-bond donors (Lipinski definition) is 2. The molecule has 106 valence electrons. The minimum atomic E-state index is 0.289. The third-order valence-electron chi connectivity index (χ3n) is 3.64. The van der Waals surface area contributed by atoms with E-state index >= 15 is 0 Å². The third kappa shape index (κ3) is 3.56. The van der Waals surface area contributed by atoms with Crippen molar-refractivity contribution in [3.05, 3.63) is 11.4 Å². The molecule has 1 heterocycles. The van der Waals surface area contributed by atoms with Crippen LogP contribution in [0.25, 0.3) is 0 Å². The van der Waals surface area contributed by atoms with Crippen LogP contribution in [0.5, 0.6) is 0 Å². The monoisotopic (exact) mass is 263 g/mol. The van der Waals surface area contributed by atoms with Gasteiger partial charge in [-0.1, -0.05) is 13.8 Å². The van der Waals surface area contributed by atoms with Gasteiger partial charge in [0.2, 0.25) is 0 Å². The second-order valence-electron chi connectivity index (χ2n) is 5.73. The van der Waals surface area contributed by atoms with Gasteiger partial charge in [0.25, 0.3) is 0 Å². The van der Waals surface area contributed by atoms with E-state index in [-0.39, 0.29) is 5.92 Å². The molecular weight excluding hydrogens is 238 g/mol. The van der Waals surface area contributed by atoms with Crippen LogP contribution in [-0.4, -0.2) is 41.0 Å². The number of hydrogen-bond acceptors (Lipinski definition) is 5. The van der Waals surface area contributed by atoms with Crippen LogP contribution >= 0.6 is 0 Å². The molecule has 0 atom stereocenters. The van der Waals surface area contributed by atoms with Gasteiger partial charge in [-0.25, -0.2) is 9.97 Å². The van der Waals surface area contributed by atoms with Crippen LogP contribution in [0.15, 0.2) is 0 Å². The molecule has 0 radical (unpaired) electrons. The second kappa shape index (κ2) is 5.74. The highest BCUT2D eigenvalue weighted by atomic mass is 15.2. The Morgan fingerprint density at radius 3 is 2.63 bits per heavy atom. The van der Waals surface area contributed by atoms with Crippen LogP contribution in [0.3, 0.4) is 0 Å². The van der Waals surface area contributed by atoms with Crippen LogP contribution in [0.4, 0.5) is 11.6 Å². The Bertz CT molecular complexity index is 440. The maximum atomic E-state index is 5.95. The van der Waals surface area contributed by atoms with Crippen LogP contribution in [-0.2, 0) is 0 Å². The summed E-state index contributed by atoms with van der Waals surface area (Å²) in [7, 11) is 2.18. The molecule has 2 rings (SSSR count). The fourth-order valence-electron chi connectivity index (χ4n) is 2.03. The van der Waals surface area contributed by atoms with Gasteiger partial charge in [-0.05, 0) is 26.8 Å². The predicted molar refractivity (Wildman–Crippen MR) is 79.4 cm³/mol. The first kappa shape index (κ1) is 14.1. The Morgan fingerprint density at radius 2 is 2.05 bits per heavy atom. The lowest BCUT2D eigenvalue weighted by atomic mass is 10.2. The van der Waals surface area contributed by atoms with Crippen molar-refractivity contribution in [3.8, 4) is 0 Å². The number of nitrogens with two attached hydrogens (primary N) is 1. The van der Waals surface area contributed by atoms with Crippen LogP contribution in [0, 0.1) is 6.92 Å². The highest BCUT2D eigenvalue weighted by molar-refractivity contribution is 5.54. The van der Waals surface area contributed by atoms with E-state index in [2.05, 4.69) is 41.1 Å². The molecule has 0 spiro atoms. The van der Waals surface area contributed by atoms with Gasteiger partial charge < -0.3 is 16.0 Å². The molecule has 19 heavy (non-hydrogen) atoms. The Kier molecular flexibility index (Phi) is 4.24. The van der Waals surface area contributed by atoms with E-state index in [1.54, 1.807) is 0 Å². The fraction of sp³-hybridized carbons (Fsp3) is 0.714. The Labute approximate surface area is 115 Å². The molecule has 1 aromatic heterocycles. The summed E-state index contributed by atoms with van der Waals surface area (Å²) in [5.41, 5.74) is 6.89. The topological polar surface area (TPSA) is 67.1 Å². The van der Waals surface area contributed by atoms with Crippen LogP contribution < -0.4 is 11.1 Å². The zero-order chi connectivity index (χ0) is 14.0. The normalized spacial score (nSPS) is 15.3. The Balaban J connectivity index is 1.97. The van der Waals surface area contributed by atoms with Gasteiger partial charge in [-0.2, -0.15) is 0 Å². The molecule has 0 saturated heterocycles. The lowest BCUT2D eigenvalue weighted by Crippen LogP contribution is -2.27. The summed E-state index contributed by atoms with van der Waals surface area (Å²) in [5.74, 6) is 2.55. The van der Waals surface area contributed by atoms with Crippen molar-refractivity contribution < 1.29 is 0 Å². The summed E-state index contributed by atoms with van der Waals surface area (Å²) in [5, 5.41) is 3.39. The van der Waals surface area contributed by atoms with Gasteiger partial charge in [0.15, 0.2) is 0 Å². The smallest absolute Gasteiger partial charge is 0.135 e. The van der Waals surface area contributed by atoms with Gasteiger partial charge in [-0.3, -0.25) is 0 Å². The summed E-state index contributed by atoms with van der Waals surface area (Å²) in [6, 6.07) is 0.796. The van der Waals surface area contributed by atoms with Crippen molar-refractivity contribution in [1.29, 1.82) is 0 Å². The second-order valence-corrected chi connectivity index (χ2v) is 5.73. The minimum absolute atomic E-state index is 0.289. The zero-order valence-corrected chi connectivity index (χ0v) is 12.4. The van der Waals surface area contributed by atoms with Crippen molar-refractivity contribution in [3.63, 3.8) is 0 Å². The maximum Gasteiger partial charge on any atom is 0.135 e. The molecule has 1 aromatic rings. The highest BCUT2D eigenvalue weighted by Gasteiger charge is 2.25. The molecule has 1 aliphatic carbocycles. The number of nitrogen functional groups attached to an aromatic ring is 1. The van der Waals surface area contributed by atoms with Gasteiger partial charge >= 0.3 is 0 Å². The average Bonchev–Trinajstić information content (AvgIpc) is 3.17. The molecular formula is C14H25N5. The molecule has 5 heteroatoms. The van der Waals surface area contributed by atoms with E-state index in [1.165, 1.54) is 12.8 Å². The maximum absolute atomic E-state index is 5.95. The molecule has 0 aliphatic heterocycles. The molecule has 5 nitrogen and oxygen atoms in total. The number of aromatic nitrogens is 2. The molecule has 1 saturated carbocycles. The van der Waals surface area contributed by atoms with Crippen molar-refractivity contribution in [2.45, 2.75) is 45.6 Å². The van der Waals surface area contributed by atoms with E-state index in [0.29, 0.717) is 5.82 Å². The number of anilines is 2. The molecule has 0 amide bonds. The summed E-state index contributed by atoms with van der Waals surface area (Å²) < 4.78 is 0. The molecule has 1 aliphatic rings. The van der Waals surface area contributed by atoms with E-state index in [9.17, 15) is 0 Å². The fourth-order valence-corrected chi connectivity index (χ4v) is 2.03. The number of nitrogens with one attached hydrogen (secondary N) is 1. The summed E-state index contributed by atoms with van der Waals surface area (Å²) in [6.07, 6.45) is 2.68. The average molecular weight is 263 g/mol. The van der Waals surface area contributed by atoms with E-state index < -0.39 is 0 Å². The van der Waals surface area contributed by atoms with Crippen molar-refractivity contribution in [1.82, 2.24) is 14.9 Å². The first-order valence-corrected chi connectivity index (χ1v) is 7.07. The zero-order valence-electron chi connectivity index (χ0n) is 12.4. The molecule has 0 bridgehead atoms. The lowest BCUT2D eigenvalue weighted by molar-refractivity contribution is 0.337. The number of nitrogens with zero attached hydrogens (tertiary/aromatic N) is 3. The minimum Gasteiger partial charge on any atom is -0.383 e. The van der Waals surface area contributed by atoms with E-state index in [0.717, 1.165) is 36.3 Å².